The van der Waals surface area contributed by atoms with Crippen molar-refractivity contribution in [3.8, 4) is 0 Å². The Balaban J connectivity index is 1.06. The molecule has 0 radical (unpaired) electrons. The summed E-state index contributed by atoms with van der Waals surface area (Å²) in [6.45, 7) is 4.53. The Morgan fingerprint density at radius 2 is 1.59 bits per heavy atom. The highest BCUT2D eigenvalue weighted by molar-refractivity contribution is 6.33. The first-order valence-corrected chi connectivity index (χ1v) is 20.7. The van der Waals surface area contributed by atoms with Gasteiger partial charge in [0.25, 0.3) is 5.91 Å². The van der Waals surface area contributed by atoms with Gasteiger partial charge >= 0.3 is 24.3 Å². The van der Waals surface area contributed by atoms with Crippen molar-refractivity contribution in [1.82, 2.24) is 24.5 Å². The molecule has 3 fully saturated rings. The molecule has 0 aliphatic carbocycles. The number of fused-ring (bicyclic) bond motifs is 1. The van der Waals surface area contributed by atoms with Crippen LogP contribution in [-0.4, -0.2) is 140 Å². The molecule has 0 spiro atoms. The molecule has 4 heterocycles. The van der Waals surface area contributed by atoms with Gasteiger partial charge in [-0.2, -0.15) is 13.2 Å². The molecule has 17 heteroatoms. The van der Waals surface area contributed by atoms with Gasteiger partial charge in [0.05, 0.1) is 28.8 Å². The molecule has 3 N–H and O–H groups in total. The Morgan fingerprint density at radius 1 is 0.931 bits per heavy atom. The highest BCUT2D eigenvalue weighted by atomic mass is 35.5. The normalized spacial score (nSPS) is 19.7. The van der Waals surface area contributed by atoms with Crippen molar-refractivity contribution in [3.63, 3.8) is 0 Å². The summed E-state index contributed by atoms with van der Waals surface area (Å²) in [6, 6.07) is 9.66. The van der Waals surface area contributed by atoms with E-state index in [-0.39, 0.29) is 60.1 Å². The third kappa shape index (κ3) is 10.9. The maximum atomic E-state index is 14.2. The summed E-state index contributed by atoms with van der Waals surface area (Å²) in [5.74, 6) is -0.783. The maximum absolute atomic E-state index is 14.2. The molecule has 0 aromatic heterocycles. The lowest BCUT2D eigenvalue weighted by Crippen LogP contribution is -2.53. The molecule has 58 heavy (non-hydrogen) atoms. The number of carbonyl (C=O) groups is 4. The van der Waals surface area contributed by atoms with Crippen LogP contribution in [0.1, 0.15) is 61.6 Å². The van der Waals surface area contributed by atoms with Crippen molar-refractivity contribution in [2.75, 3.05) is 84.1 Å². The monoisotopic (exact) mass is 833 g/mol. The molecule has 0 unspecified atom stereocenters. The summed E-state index contributed by atoms with van der Waals surface area (Å²) < 4.78 is 53.1. The molecule has 2 aromatic rings. The van der Waals surface area contributed by atoms with E-state index in [0.717, 1.165) is 43.4 Å². The van der Waals surface area contributed by atoms with Crippen LogP contribution in [0.2, 0.25) is 5.02 Å². The average molecular weight is 834 g/mol. The minimum Gasteiger partial charge on any atom is -0.465 e. The van der Waals surface area contributed by atoms with E-state index in [1.807, 2.05) is 43.3 Å². The number of esters is 1. The van der Waals surface area contributed by atoms with Crippen molar-refractivity contribution >= 4 is 47.0 Å². The van der Waals surface area contributed by atoms with Crippen LogP contribution in [0.4, 0.5) is 34.1 Å². The van der Waals surface area contributed by atoms with E-state index >= 15 is 0 Å². The number of piperidine rings is 3. The van der Waals surface area contributed by atoms with Gasteiger partial charge in [-0.1, -0.05) is 29.8 Å². The number of amides is 4. The number of nitrogen functional groups attached to an aromatic ring is 1. The standard InChI is InChI=1S/C41H55ClF3N7O6/c1-48(2)15-5-23-57-38(54)29-8-16-49(17-9-29)30-11-18-50(19-12-30)37(53)35(26-27-24-32(41(43,44)45)36(46)33(42)25-27)58-40(56)51-20-13-31(14-21-51)52-22-10-28-6-3-4-7-34(28)47-39(52)55/h3-4,6-7,24-25,29-31,35H,5,8-23,26,46H2,1-2H3,(H,47,55)/t35-/m1/s1. The Labute approximate surface area is 342 Å². The first-order chi connectivity index (χ1) is 27.7. The van der Waals surface area contributed by atoms with Crippen molar-refractivity contribution in [3.05, 3.63) is 58.1 Å². The Morgan fingerprint density at radius 3 is 2.26 bits per heavy atom. The number of benzene rings is 2. The van der Waals surface area contributed by atoms with Crippen LogP contribution in [-0.2, 0) is 38.1 Å². The number of hydrogen-bond acceptors (Lipinski definition) is 9. The van der Waals surface area contributed by atoms with E-state index in [2.05, 4.69) is 10.2 Å². The minimum atomic E-state index is -4.79. The third-order valence-electron chi connectivity index (χ3n) is 11.9. The number of ether oxygens (including phenoxy) is 2. The van der Waals surface area contributed by atoms with Crippen LogP contribution in [0.3, 0.4) is 0 Å². The fourth-order valence-corrected chi connectivity index (χ4v) is 8.78. The molecule has 4 aliphatic heterocycles. The number of alkyl halides is 3. The molecule has 13 nitrogen and oxygen atoms in total. The summed E-state index contributed by atoms with van der Waals surface area (Å²) in [5, 5.41) is 2.67. The lowest BCUT2D eigenvalue weighted by Gasteiger charge is -2.42. The summed E-state index contributed by atoms with van der Waals surface area (Å²) in [5.41, 5.74) is 5.82. The largest absolute Gasteiger partial charge is 0.465 e. The first-order valence-electron chi connectivity index (χ1n) is 20.3. The number of nitrogens with one attached hydrogen (secondary N) is 1. The van der Waals surface area contributed by atoms with Crippen LogP contribution in [0.25, 0.3) is 0 Å². The summed E-state index contributed by atoms with van der Waals surface area (Å²) in [4.78, 5) is 62.9. The number of hydrogen-bond donors (Lipinski definition) is 2. The zero-order chi connectivity index (χ0) is 41.6. The van der Waals surface area contributed by atoms with E-state index in [4.69, 9.17) is 26.8 Å². The van der Waals surface area contributed by atoms with Gasteiger partial charge in [0.2, 0.25) is 0 Å². The van der Waals surface area contributed by atoms with E-state index in [0.29, 0.717) is 71.2 Å². The zero-order valence-corrected chi connectivity index (χ0v) is 34.0. The van der Waals surface area contributed by atoms with Gasteiger partial charge in [-0.05, 0) is 108 Å². The lowest BCUT2D eigenvalue weighted by molar-refractivity contribution is -0.151. The maximum Gasteiger partial charge on any atom is 0.418 e. The number of halogens is 4. The average Bonchev–Trinajstić information content (AvgIpc) is 3.37. The SMILES string of the molecule is CN(C)CCCOC(=O)C1CCN(C2CCN(C(=O)[C@@H](Cc3cc(Cl)c(N)c(C(F)(F)F)c3)OC(=O)N3CCC(N4CCc5ccccc5NC4=O)CC3)CC2)CC1. The lowest BCUT2D eigenvalue weighted by atomic mass is 9.93. The molecular weight excluding hydrogens is 779 g/mol. The molecule has 1 atom stereocenters. The van der Waals surface area contributed by atoms with Gasteiger partial charge in [-0.25, -0.2) is 9.59 Å². The summed E-state index contributed by atoms with van der Waals surface area (Å²) in [7, 11) is 3.95. The number of anilines is 2. The number of urea groups is 1. The number of carbonyl (C=O) groups excluding carboxylic acids is 4. The predicted octanol–water partition coefficient (Wildman–Crippen LogP) is 5.74. The third-order valence-corrected chi connectivity index (χ3v) is 12.2. The Kier molecular flexibility index (Phi) is 14.3. The molecule has 0 saturated carbocycles. The van der Waals surface area contributed by atoms with Crippen LogP contribution < -0.4 is 11.1 Å². The van der Waals surface area contributed by atoms with E-state index in [9.17, 15) is 32.3 Å². The molecule has 2 aromatic carbocycles. The molecule has 318 valence electrons. The Hall–Kier alpha value is -4.28. The predicted molar refractivity (Wildman–Crippen MR) is 213 cm³/mol. The number of rotatable bonds is 11. The second-order valence-electron chi connectivity index (χ2n) is 16.1. The van der Waals surface area contributed by atoms with Crippen molar-refractivity contribution in [1.29, 1.82) is 0 Å². The van der Waals surface area contributed by atoms with Gasteiger partial charge in [0.15, 0.2) is 6.10 Å². The number of likely N-dealkylation sites (tertiary alicyclic amines) is 3. The second-order valence-corrected chi connectivity index (χ2v) is 16.5. The van der Waals surface area contributed by atoms with Gasteiger partial charge in [0.1, 0.15) is 0 Å². The molecular formula is C41H55ClF3N7O6. The second kappa shape index (κ2) is 19.2. The molecule has 4 aliphatic rings. The smallest absolute Gasteiger partial charge is 0.418 e. The fourth-order valence-electron chi connectivity index (χ4n) is 8.54. The van der Waals surface area contributed by atoms with Crippen molar-refractivity contribution in [2.45, 2.75) is 82.2 Å². The molecule has 0 bridgehead atoms. The van der Waals surface area contributed by atoms with Crippen molar-refractivity contribution in [2.24, 2.45) is 5.92 Å². The number of nitrogens with two attached hydrogens (primary N) is 1. The van der Waals surface area contributed by atoms with Gasteiger partial charge < -0.3 is 45.0 Å². The van der Waals surface area contributed by atoms with E-state index in [1.165, 1.54) is 11.0 Å². The first kappa shape index (κ1) is 43.3. The van der Waals surface area contributed by atoms with Gasteiger partial charge in [-0.15, -0.1) is 0 Å². The van der Waals surface area contributed by atoms with Crippen LogP contribution in [0, 0.1) is 5.92 Å². The molecule has 3 saturated heterocycles. The highest BCUT2D eigenvalue weighted by Gasteiger charge is 2.39. The van der Waals surface area contributed by atoms with E-state index in [1.54, 1.807) is 9.80 Å². The quantitative estimate of drug-likeness (QED) is 0.165. The van der Waals surface area contributed by atoms with Crippen LogP contribution in [0.5, 0.6) is 0 Å². The number of para-hydroxylation sites is 1. The summed E-state index contributed by atoms with van der Waals surface area (Å²) in [6.07, 6.45) is -2.14. The Bertz CT molecular complexity index is 1780. The summed E-state index contributed by atoms with van der Waals surface area (Å²) >= 11 is 6.14. The zero-order valence-electron chi connectivity index (χ0n) is 33.3. The minimum absolute atomic E-state index is 0.0542. The van der Waals surface area contributed by atoms with Crippen molar-refractivity contribution < 1.29 is 41.8 Å². The van der Waals surface area contributed by atoms with E-state index < -0.39 is 35.5 Å². The van der Waals surface area contributed by atoms with Gasteiger partial charge in [-0.3, -0.25) is 9.59 Å². The number of nitrogens with zero attached hydrogens (tertiary/aromatic N) is 5. The molecule has 6 rings (SSSR count). The van der Waals surface area contributed by atoms with Crippen LogP contribution in [0.15, 0.2) is 36.4 Å². The highest BCUT2D eigenvalue weighted by Crippen LogP contribution is 2.38. The van der Waals surface area contributed by atoms with Crippen LogP contribution >= 0.6 is 11.6 Å². The van der Waals surface area contributed by atoms with Gasteiger partial charge in [0, 0.05) is 63.5 Å². The molecule has 4 amide bonds. The topological polar surface area (TPSA) is 141 Å². The fraction of sp³-hybridized carbons (Fsp3) is 0.610.